The number of Topliss-reactive ketones (excluding diaryl/α,β-unsaturated/α-hetero) is 1. The van der Waals surface area contributed by atoms with Gasteiger partial charge in [0.25, 0.3) is 0 Å². The number of esters is 2. The quantitative estimate of drug-likeness (QED) is 0.474. The fourth-order valence-corrected chi connectivity index (χ4v) is 3.24. The number of benzene rings is 2. The van der Waals surface area contributed by atoms with Gasteiger partial charge < -0.3 is 19.1 Å². The van der Waals surface area contributed by atoms with E-state index in [9.17, 15) is 19.2 Å². The zero-order chi connectivity index (χ0) is 22.4. The first-order valence-corrected chi connectivity index (χ1v) is 9.84. The van der Waals surface area contributed by atoms with Gasteiger partial charge in [0, 0.05) is 24.2 Å². The molecule has 162 valence electrons. The number of carbonyl (C=O) groups is 4. The number of hydrogen-bond acceptors (Lipinski definition) is 7. The molecule has 1 saturated heterocycles. The van der Waals surface area contributed by atoms with Crippen LogP contribution in [-0.4, -0.2) is 50.5 Å². The minimum Gasteiger partial charge on any atom is -0.497 e. The summed E-state index contributed by atoms with van der Waals surface area (Å²) in [5.41, 5.74) is 1.32. The monoisotopic (exact) mass is 425 g/mol. The summed E-state index contributed by atoms with van der Waals surface area (Å²) in [6.45, 7) is 1.72. The molecule has 8 nitrogen and oxygen atoms in total. The van der Waals surface area contributed by atoms with Gasteiger partial charge in [0.1, 0.15) is 5.75 Å². The molecule has 1 fully saturated rings. The van der Waals surface area contributed by atoms with E-state index >= 15 is 0 Å². The number of hydrogen-bond donors (Lipinski definition) is 0. The Labute approximate surface area is 179 Å². The lowest BCUT2D eigenvalue weighted by molar-refractivity contribution is -0.147. The van der Waals surface area contributed by atoms with Crippen LogP contribution in [0.2, 0.25) is 0 Å². The minimum atomic E-state index is -0.671. The average molecular weight is 425 g/mol. The molecule has 1 atom stereocenters. The highest BCUT2D eigenvalue weighted by Crippen LogP contribution is 2.26. The molecule has 2 aromatic carbocycles. The third-order valence-electron chi connectivity index (χ3n) is 4.89. The lowest BCUT2D eigenvalue weighted by Crippen LogP contribution is -2.27. The van der Waals surface area contributed by atoms with E-state index in [1.807, 2.05) is 0 Å². The molecule has 1 aliphatic heterocycles. The van der Waals surface area contributed by atoms with Crippen LogP contribution in [0.4, 0.5) is 5.69 Å². The smallest absolute Gasteiger partial charge is 0.338 e. The molecule has 0 unspecified atom stereocenters. The van der Waals surface area contributed by atoms with E-state index in [4.69, 9.17) is 14.2 Å². The second-order valence-electron chi connectivity index (χ2n) is 6.94. The number of methoxy groups -OCH3 is 1. The number of anilines is 1. The minimum absolute atomic E-state index is 0.00812. The molecule has 0 N–H and O–H groups in total. The standard InChI is InChI=1S/C23H23NO7/c1-3-30-22(27)15-7-9-18(10-8-15)24-13-17(12-21(24)26)23(28)31-14-20(25)16-5-4-6-19(11-16)29-2/h4-11,17H,3,12-14H2,1-2H3/t17-/m1/s1. The van der Waals surface area contributed by atoms with Crippen molar-refractivity contribution in [3.8, 4) is 5.75 Å². The van der Waals surface area contributed by atoms with E-state index < -0.39 is 24.5 Å². The highest BCUT2D eigenvalue weighted by Gasteiger charge is 2.36. The van der Waals surface area contributed by atoms with Crippen molar-refractivity contribution >= 4 is 29.3 Å². The summed E-state index contributed by atoms with van der Waals surface area (Å²) < 4.78 is 15.2. The van der Waals surface area contributed by atoms with E-state index in [0.29, 0.717) is 22.6 Å². The van der Waals surface area contributed by atoms with Gasteiger partial charge in [0.2, 0.25) is 5.91 Å². The molecular weight excluding hydrogens is 402 g/mol. The van der Waals surface area contributed by atoms with Crippen molar-refractivity contribution in [2.45, 2.75) is 13.3 Å². The third kappa shape index (κ3) is 5.28. The molecule has 31 heavy (non-hydrogen) atoms. The molecule has 8 heteroatoms. The first-order valence-electron chi connectivity index (χ1n) is 9.84. The van der Waals surface area contributed by atoms with Gasteiger partial charge in [0.15, 0.2) is 12.4 Å². The van der Waals surface area contributed by atoms with Crippen molar-refractivity contribution < 1.29 is 33.4 Å². The van der Waals surface area contributed by atoms with Crippen LogP contribution >= 0.6 is 0 Å². The summed E-state index contributed by atoms with van der Waals surface area (Å²) >= 11 is 0. The highest BCUT2D eigenvalue weighted by molar-refractivity contribution is 6.01. The average Bonchev–Trinajstić information content (AvgIpc) is 3.19. The molecule has 0 bridgehead atoms. The van der Waals surface area contributed by atoms with Crippen LogP contribution in [0.3, 0.4) is 0 Å². The predicted octanol–water partition coefficient (Wildman–Crippen LogP) is 2.65. The molecule has 0 saturated carbocycles. The third-order valence-corrected chi connectivity index (χ3v) is 4.89. The number of ether oxygens (including phenoxy) is 3. The Bertz CT molecular complexity index is 984. The maximum absolute atomic E-state index is 12.4. The van der Waals surface area contributed by atoms with Gasteiger partial charge in [0.05, 0.1) is 25.2 Å². The summed E-state index contributed by atoms with van der Waals surface area (Å²) in [4.78, 5) is 50.3. The largest absolute Gasteiger partial charge is 0.497 e. The van der Waals surface area contributed by atoms with Crippen LogP contribution in [0, 0.1) is 5.92 Å². The Morgan fingerprint density at radius 1 is 1.03 bits per heavy atom. The number of carbonyl (C=O) groups excluding carboxylic acids is 4. The van der Waals surface area contributed by atoms with Gasteiger partial charge in [-0.05, 0) is 43.3 Å². The van der Waals surface area contributed by atoms with E-state index in [2.05, 4.69) is 0 Å². The Hall–Kier alpha value is -3.68. The summed E-state index contributed by atoms with van der Waals surface area (Å²) in [6, 6.07) is 13.0. The van der Waals surface area contributed by atoms with E-state index in [-0.39, 0.29) is 31.3 Å². The Morgan fingerprint density at radius 3 is 2.45 bits per heavy atom. The van der Waals surface area contributed by atoms with Gasteiger partial charge in [-0.1, -0.05) is 12.1 Å². The highest BCUT2D eigenvalue weighted by atomic mass is 16.5. The molecule has 0 aromatic heterocycles. The first-order chi connectivity index (χ1) is 14.9. The van der Waals surface area contributed by atoms with Crippen LogP contribution in [0.5, 0.6) is 5.75 Å². The summed E-state index contributed by atoms with van der Waals surface area (Å²) in [5, 5.41) is 0. The fraction of sp³-hybridized carbons (Fsp3) is 0.304. The topological polar surface area (TPSA) is 99.2 Å². The van der Waals surface area contributed by atoms with E-state index in [1.165, 1.54) is 12.0 Å². The Kier molecular flexibility index (Phi) is 7.02. The van der Waals surface area contributed by atoms with Crippen molar-refractivity contribution in [3.63, 3.8) is 0 Å². The van der Waals surface area contributed by atoms with Gasteiger partial charge in [-0.25, -0.2) is 4.79 Å². The maximum Gasteiger partial charge on any atom is 0.338 e. The van der Waals surface area contributed by atoms with Crippen molar-refractivity contribution in [3.05, 3.63) is 59.7 Å². The van der Waals surface area contributed by atoms with Crippen LogP contribution in [0.1, 0.15) is 34.1 Å². The van der Waals surface area contributed by atoms with Crippen molar-refractivity contribution in [1.82, 2.24) is 0 Å². The Balaban J connectivity index is 1.57. The van der Waals surface area contributed by atoms with Crippen molar-refractivity contribution in [2.75, 3.05) is 31.8 Å². The summed E-state index contributed by atoms with van der Waals surface area (Å²) in [7, 11) is 1.50. The van der Waals surface area contributed by atoms with Crippen LogP contribution in [-0.2, 0) is 19.1 Å². The molecule has 0 radical (unpaired) electrons. The number of ketones is 1. The van der Waals surface area contributed by atoms with Crippen LogP contribution in [0.15, 0.2) is 48.5 Å². The second kappa shape index (κ2) is 9.88. The lowest BCUT2D eigenvalue weighted by atomic mass is 10.1. The molecular formula is C23H23NO7. The lowest BCUT2D eigenvalue weighted by Gasteiger charge is -2.17. The number of amides is 1. The zero-order valence-corrected chi connectivity index (χ0v) is 17.3. The number of rotatable bonds is 8. The maximum atomic E-state index is 12.4. The molecule has 1 heterocycles. The molecule has 0 aliphatic carbocycles. The number of nitrogens with zero attached hydrogens (tertiary/aromatic N) is 1. The predicted molar refractivity (Wildman–Crippen MR) is 111 cm³/mol. The fourth-order valence-electron chi connectivity index (χ4n) is 3.24. The SMILES string of the molecule is CCOC(=O)c1ccc(N2C[C@H](C(=O)OCC(=O)c3cccc(OC)c3)CC2=O)cc1. The van der Waals surface area contributed by atoms with Crippen molar-refractivity contribution in [2.24, 2.45) is 5.92 Å². The van der Waals surface area contributed by atoms with Gasteiger partial charge >= 0.3 is 11.9 Å². The molecule has 1 amide bonds. The summed E-state index contributed by atoms with van der Waals surface area (Å²) in [6.07, 6.45) is -0.00812. The normalized spacial score (nSPS) is 15.5. The zero-order valence-electron chi connectivity index (χ0n) is 17.3. The van der Waals surface area contributed by atoms with Gasteiger partial charge in [-0.15, -0.1) is 0 Å². The van der Waals surface area contributed by atoms with E-state index in [0.717, 1.165) is 0 Å². The molecule has 1 aliphatic rings. The van der Waals surface area contributed by atoms with Crippen LogP contribution < -0.4 is 9.64 Å². The summed E-state index contributed by atoms with van der Waals surface area (Å²) in [5.74, 6) is -1.77. The molecule has 0 spiro atoms. The van der Waals surface area contributed by atoms with Crippen molar-refractivity contribution in [1.29, 1.82) is 0 Å². The molecule has 2 aromatic rings. The molecule has 3 rings (SSSR count). The van der Waals surface area contributed by atoms with Gasteiger partial charge in [-0.2, -0.15) is 0 Å². The first kappa shape index (κ1) is 22.0. The second-order valence-corrected chi connectivity index (χ2v) is 6.94. The van der Waals surface area contributed by atoms with E-state index in [1.54, 1.807) is 55.5 Å². The van der Waals surface area contributed by atoms with Gasteiger partial charge in [-0.3, -0.25) is 14.4 Å². The van der Waals surface area contributed by atoms with Crippen LogP contribution in [0.25, 0.3) is 0 Å². The Morgan fingerprint density at radius 2 is 1.77 bits per heavy atom.